The van der Waals surface area contributed by atoms with Crippen LogP contribution >= 0.6 is 26.8 Å². The molecule has 0 bridgehead atoms. The van der Waals surface area contributed by atoms with Crippen LogP contribution < -0.4 is 3.58 Å². The first kappa shape index (κ1) is 17.5. The Morgan fingerprint density at radius 1 is 0.591 bits per heavy atom. The third-order valence-corrected chi connectivity index (χ3v) is 9.90. The van der Waals surface area contributed by atoms with Gasteiger partial charge < -0.3 is 0 Å². The van der Waals surface area contributed by atoms with Crippen molar-refractivity contribution in [3.8, 4) is 11.4 Å². The maximum Gasteiger partial charge on any atom is 0.0886 e. The van der Waals surface area contributed by atoms with E-state index in [0.717, 1.165) is 15.0 Å². The number of hydrogen-bond donors (Lipinski definition) is 0. The average molecular weight is 458 g/mol. The smallest absolute Gasteiger partial charge is 0.0886 e. The van der Waals surface area contributed by atoms with Crippen molar-refractivity contribution in [1.29, 1.82) is 0 Å². The van der Waals surface area contributed by atoms with Gasteiger partial charge >= 0.3 is 75.7 Å². The second-order valence-corrected chi connectivity index (χ2v) is 24.1. The summed E-state index contributed by atoms with van der Waals surface area (Å²) >= 11 is -3.30. The number of pyridine rings is 2. The number of hydrogen-bond acceptors (Lipinski definition) is 2. The van der Waals surface area contributed by atoms with Crippen molar-refractivity contribution in [2.75, 3.05) is 0 Å². The summed E-state index contributed by atoms with van der Waals surface area (Å²) in [6, 6.07) is 21.0. The predicted octanol–water partition coefficient (Wildman–Crippen LogP) is 4.69. The van der Waals surface area contributed by atoms with E-state index >= 15 is 0 Å². The largest absolute Gasteiger partial charge is 0.255 e. The zero-order valence-corrected chi connectivity index (χ0v) is 16.7. The average Bonchev–Trinajstić information content (AvgIpc) is 2.57. The van der Waals surface area contributed by atoms with Crippen molar-refractivity contribution in [1.82, 2.24) is 9.97 Å². The number of rotatable bonds is 2. The van der Waals surface area contributed by atoms with Crippen LogP contribution in [0.2, 0.25) is 0 Å². The number of halogens is 3. The summed E-state index contributed by atoms with van der Waals surface area (Å²) < 4.78 is 0.904. The topological polar surface area (TPSA) is 25.8 Å². The van der Waals surface area contributed by atoms with Crippen LogP contribution in [0.5, 0.6) is 0 Å². The molecule has 0 spiro atoms. The number of aromatic nitrogens is 2. The Balaban J connectivity index is 0.000000164. The molecule has 3 rings (SSSR count). The van der Waals surface area contributed by atoms with Gasteiger partial charge in [-0.05, 0) is 24.3 Å². The van der Waals surface area contributed by atoms with E-state index in [0.29, 0.717) is 0 Å². The molecule has 0 N–H and O–H groups in total. The molecule has 0 atom stereocenters. The summed E-state index contributed by atoms with van der Waals surface area (Å²) in [6.45, 7) is 0. The first-order valence-corrected chi connectivity index (χ1v) is 18.8. The molecule has 0 saturated carbocycles. The zero-order chi connectivity index (χ0) is 15.8. The van der Waals surface area contributed by atoms with Gasteiger partial charge in [0.05, 0.1) is 11.4 Å². The summed E-state index contributed by atoms with van der Waals surface area (Å²) in [5, 5.41) is 0. The SMILES string of the molecule is [Cl][Sn]([Cl])([Cl])[c]1ccccc1.c1ccc(-c2ccccn2)nc1. The van der Waals surface area contributed by atoms with Crippen molar-refractivity contribution >= 4 is 45.3 Å². The van der Waals surface area contributed by atoms with Gasteiger partial charge in [-0.1, -0.05) is 12.1 Å². The predicted molar refractivity (Wildman–Crippen MR) is 96.9 cm³/mol. The molecule has 0 unspecified atom stereocenters. The van der Waals surface area contributed by atoms with Crippen molar-refractivity contribution in [2.45, 2.75) is 0 Å². The van der Waals surface area contributed by atoms with Crippen molar-refractivity contribution in [2.24, 2.45) is 0 Å². The Morgan fingerprint density at radius 3 is 1.36 bits per heavy atom. The normalized spacial score (nSPS) is 10.5. The Kier molecular flexibility index (Phi) is 6.96. The van der Waals surface area contributed by atoms with Gasteiger partial charge in [-0.3, -0.25) is 9.97 Å². The molecule has 0 fully saturated rings. The standard InChI is InChI=1S/C10H8N2.C6H5.3ClH.Sn/c1-3-7-11-9(5-1)10-6-2-4-8-12-10;1-2-4-6-5-3-1;;;;/h1-8H;1-5H;3*1H;/q;;;;;+3/p-3. The van der Waals surface area contributed by atoms with Crippen LogP contribution in [-0.4, -0.2) is 25.0 Å². The van der Waals surface area contributed by atoms with Gasteiger partial charge in [-0.15, -0.1) is 0 Å². The quantitative estimate of drug-likeness (QED) is 0.521. The van der Waals surface area contributed by atoms with E-state index in [4.69, 9.17) is 26.8 Å². The molecule has 6 heteroatoms. The third-order valence-electron chi connectivity index (χ3n) is 2.69. The minimum absolute atomic E-state index is 0.904. The van der Waals surface area contributed by atoms with Gasteiger partial charge in [-0.2, -0.15) is 0 Å². The van der Waals surface area contributed by atoms with Gasteiger partial charge in [0.25, 0.3) is 0 Å². The molecule has 2 heterocycles. The van der Waals surface area contributed by atoms with E-state index in [1.165, 1.54) is 0 Å². The van der Waals surface area contributed by atoms with E-state index in [9.17, 15) is 0 Å². The van der Waals surface area contributed by atoms with Crippen LogP contribution in [0.1, 0.15) is 0 Å². The van der Waals surface area contributed by atoms with Crippen LogP contribution in [-0.2, 0) is 0 Å². The van der Waals surface area contributed by atoms with Gasteiger partial charge in [-0.25, -0.2) is 0 Å². The summed E-state index contributed by atoms with van der Waals surface area (Å²) in [5.41, 5.74) is 1.83. The van der Waals surface area contributed by atoms with E-state index in [2.05, 4.69) is 9.97 Å². The van der Waals surface area contributed by atoms with Crippen molar-refractivity contribution < 1.29 is 0 Å². The minimum atomic E-state index is -3.30. The van der Waals surface area contributed by atoms with Gasteiger partial charge in [0, 0.05) is 12.4 Å². The molecule has 3 aromatic rings. The minimum Gasteiger partial charge on any atom is -0.255 e. The zero-order valence-electron chi connectivity index (χ0n) is 11.5. The van der Waals surface area contributed by atoms with E-state index in [1.807, 2.05) is 66.7 Å². The van der Waals surface area contributed by atoms with E-state index in [-0.39, 0.29) is 0 Å². The summed E-state index contributed by atoms with van der Waals surface area (Å²) in [4.78, 5) is 8.37. The fraction of sp³-hybridized carbons (Fsp3) is 0. The van der Waals surface area contributed by atoms with Gasteiger partial charge in [0.15, 0.2) is 0 Å². The van der Waals surface area contributed by atoms with E-state index < -0.39 is 15.0 Å². The maximum absolute atomic E-state index is 5.80. The molecular weight excluding hydrogens is 445 g/mol. The Hall–Kier alpha value is -0.811. The molecule has 112 valence electrons. The molecule has 2 nitrogen and oxygen atoms in total. The Labute approximate surface area is 145 Å². The summed E-state index contributed by atoms with van der Waals surface area (Å²) in [6.07, 6.45) is 3.54. The second kappa shape index (κ2) is 8.73. The summed E-state index contributed by atoms with van der Waals surface area (Å²) in [5.74, 6) is 0. The molecule has 0 radical (unpaired) electrons. The molecule has 22 heavy (non-hydrogen) atoms. The molecular formula is C16H13Cl3N2Sn. The van der Waals surface area contributed by atoms with Crippen LogP contribution in [0.3, 0.4) is 0 Å². The van der Waals surface area contributed by atoms with Crippen LogP contribution in [0.15, 0.2) is 79.1 Å². The number of benzene rings is 1. The first-order chi connectivity index (χ1) is 10.6. The monoisotopic (exact) mass is 458 g/mol. The second-order valence-electron chi connectivity index (χ2n) is 4.29. The Morgan fingerprint density at radius 2 is 1.05 bits per heavy atom. The fourth-order valence-corrected chi connectivity index (χ4v) is 5.82. The molecule has 0 saturated heterocycles. The molecule has 0 amide bonds. The maximum atomic E-state index is 5.80. The van der Waals surface area contributed by atoms with Crippen LogP contribution in [0.25, 0.3) is 11.4 Å². The number of nitrogens with zero attached hydrogens (tertiary/aromatic N) is 2. The Bertz CT molecular complexity index is 637. The third kappa shape index (κ3) is 5.76. The molecule has 0 aliphatic heterocycles. The molecule has 1 aromatic carbocycles. The van der Waals surface area contributed by atoms with Gasteiger partial charge in [0.2, 0.25) is 0 Å². The van der Waals surface area contributed by atoms with Crippen molar-refractivity contribution in [3.63, 3.8) is 0 Å². The molecule has 0 aliphatic carbocycles. The molecule has 2 aromatic heterocycles. The van der Waals surface area contributed by atoms with Crippen LogP contribution in [0.4, 0.5) is 0 Å². The fourth-order valence-electron chi connectivity index (χ4n) is 1.66. The van der Waals surface area contributed by atoms with Crippen molar-refractivity contribution in [3.05, 3.63) is 79.1 Å². The van der Waals surface area contributed by atoms with E-state index in [1.54, 1.807) is 12.4 Å². The van der Waals surface area contributed by atoms with Gasteiger partial charge in [0.1, 0.15) is 0 Å². The molecule has 0 aliphatic rings. The van der Waals surface area contributed by atoms with Crippen LogP contribution in [0, 0.1) is 0 Å². The summed E-state index contributed by atoms with van der Waals surface area (Å²) in [7, 11) is 17.4. The first-order valence-electron chi connectivity index (χ1n) is 6.52.